The summed E-state index contributed by atoms with van der Waals surface area (Å²) < 4.78 is 41.1. The molecule has 13 heteroatoms. The molecule has 1 spiro atoms. The van der Waals surface area contributed by atoms with Crippen LogP contribution in [0.3, 0.4) is 0 Å². The molecule has 2 unspecified atom stereocenters. The smallest absolute Gasteiger partial charge is 0.406 e. The molecule has 1 aliphatic heterocycles. The number of ether oxygens (including phenoxy) is 1. The van der Waals surface area contributed by atoms with Gasteiger partial charge in [-0.25, -0.2) is 9.69 Å². The third kappa shape index (κ3) is 3.04. The first-order chi connectivity index (χ1) is 15.2. The Hall–Kier alpha value is -4.03. The minimum Gasteiger partial charge on any atom is -0.406 e. The number of halogens is 3. The molecule has 3 amide bonds. The minimum absolute atomic E-state index is 0.112. The Kier molecular flexibility index (Phi) is 4.19. The number of carbonyl (C=O) groups excluding carboxylic acids is 2. The Labute approximate surface area is 178 Å². The summed E-state index contributed by atoms with van der Waals surface area (Å²) >= 11 is 0. The number of aromatic amines is 1. The number of urea groups is 1. The van der Waals surface area contributed by atoms with E-state index >= 15 is 0 Å². The fourth-order valence-corrected chi connectivity index (χ4v) is 3.98. The monoisotopic (exact) mass is 445 g/mol. The number of alkyl halides is 3. The van der Waals surface area contributed by atoms with E-state index in [0.29, 0.717) is 17.8 Å². The number of pyridine rings is 1. The molecule has 2 fully saturated rings. The second-order valence-electron chi connectivity index (χ2n) is 7.46. The van der Waals surface area contributed by atoms with Crippen LogP contribution in [0.5, 0.6) is 5.75 Å². The zero-order valence-electron chi connectivity index (χ0n) is 16.4. The number of nitrogens with one attached hydrogen (secondary N) is 1. The third-order valence-electron chi connectivity index (χ3n) is 5.53. The quantitative estimate of drug-likeness (QED) is 0.614. The third-order valence-corrected chi connectivity index (χ3v) is 5.53. The fraction of sp³-hybridized carbons (Fsp3) is 0.263. The molecule has 3 heterocycles. The molecule has 0 bridgehead atoms. The molecule has 0 radical (unpaired) electrons. The number of amides is 3. The van der Waals surface area contributed by atoms with Gasteiger partial charge in [0, 0.05) is 6.20 Å². The van der Waals surface area contributed by atoms with Crippen LogP contribution in [0.25, 0.3) is 11.5 Å². The van der Waals surface area contributed by atoms with E-state index in [9.17, 15) is 22.8 Å². The highest BCUT2D eigenvalue weighted by Crippen LogP contribution is 2.55. The van der Waals surface area contributed by atoms with Crippen LogP contribution >= 0.6 is 0 Å². The zero-order chi connectivity index (χ0) is 22.7. The molecule has 1 saturated heterocycles. The number of benzene rings is 1. The van der Waals surface area contributed by atoms with E-state index in [1.54, 1.807) is 12.1 Å². The first-order valence-electron chi connectivity index (χ1n) is 9.45. The Bertz CT molecular complexity index is 1200. The van der Waals surface area contributed by atoms with Gasteiger partial charge in [0.05, 0.1) is 11.4 Å². The highest BCUT2D eigenvalue weighted by molar-refractivity contribution is 6.31. The van der Waals surface area contributed by atoms with Crippen LogP contribution in [-0.2, 0) is 4.79 Å². The Balaban J connectivity index is 1.50. The van der Waals surface area contributed by atoms with Gasteiger partial charge in [-0.2, -0.15) is 5.21 Å². The number of hydrogen-bond acceptors (Lipinski definition) is 7. The first-order valence-corrected chi connectivity index (χ1v) is 9.45. The van der Waals surface area contributed by atoms with Gasteiger partial charge in [-0.3, -0.25) is 14.7 Å². The summed E-state index contributed by atoms with van der Waals surface area (Å²) in [5, 5.41) is 13.5. The van der Waals surface area contributed by atoms with Gasteiger partial charge >= 0.3 is 12.4 Å². The summed E-state index contributed by atoms with van der Waals surface area (Å²) in [7, 11) is 0. The van der Waals surface area contributed by atoms with Crippen molar-refractivity contribution < 1.29 is 27.5 Å². The lowest BCUT2D eigenvalue weighted by atomic mass is 10.1. The molecule has 1 aliphatic carbocycles. The van der Waals surface area contributed by atoms with E-state index in [-0.39, 0.29) is 17.4 Å². The van der Waals surface area contributed by atoms with Crippen LogP contribution in [0, 0.1) is 5.92 Å². The summed E-state index contributed by atoms with van der Waals surface area (Å²) in [6, 6.07) is 7.12. The van der Waals surface area contributed by atoms with Crippen molar-refractivity contribution in [3.8, 4) is 17.3 Å². The fourth-order valence-electron chi connectivity index (χ4n) is 3.98. The van der Waals surface area contributed by atoms with Crippen molar-refractivity contribution in [2.24, 2.45) is 5.92 Å². The standard InChI is InChI=1S/C19H14F3N7O3/c1-10-9-18(10)16(30)28(11-2-4-13(5-3-11)32-19(20,21)22)17(31)29(18)12-6-7-23-14(8-12)15-24-26-27-25-15/h2-8,10H,9H2,1H3,(H,24,25,26,27). The van der Waals surface area contributed by atoms with Crippen molar-refractivity contribution in [3.05, 3.63) is 42.6 Å². The number of tetrazole rings is 1. The van der Waals surface area contributed by atoms with Gasteiger partial charge in [-0.1, -0.05) is 6.92 Å². The first kappa shape index (κ1) is 19.9. The highest BCUT2D eigenvalue weighted by Gasteiger charge is 2.70. The lowest BCUT2D eigenvalue weighted by Gasteiger charge is -2.22. The van der Waals surface area contributed by atoms with Crippen molar-refractivity contribution in [3.63, 3.8) is 0 Å². The summed E-state index contributed by atoms with van der Waals surface area (Å²) in [6.45, 7) is 1.85. The maximum Gasteiger partial charge on any atom is 0.573 e. The van der Waals surface area contributed by atoms with Crippen molar-refractivity contribution in [2.75, 3.05) is 9.80 Å². The largest absolute Gasteiger partial charge is 0.573 e. The van der Waals surface area contributed by atoms with Crippen molar-refractivity contribution in [1.29, 1.82) is 0 Å². The van der Waals surface area contributed by atoms with Crippen molar-refractivity contribution in [1.82, 2.24) is 25.6 Å². The SMILES string of the molecule is CC1CC12C(=O)N(c1ccc(OC(F)(F)F)cc1)C(=O)N2c1ccnc(-c2nn[nH]n2)c1. The number of aromatic nitrogens is 5. The van der Waals surface area contributed by atoms with Crippen LogP contribution in [0.2, 0.25) is 0 Å². The molecule has 2 aliphatic rings. The number of rotatable bonds is 4. The predicted octanol–water partition coefficient (Wildman–Crippen LogP) is 2.91. The summed E-state index contributed by atoms with van der Waals surface area (Å²) in [5.41, 5.74) is -0.161. The number of H-pyrrole nitrogens is 1. The number of anilines is 2. The van der Waals surface area contributed by atoms with Crippen LogP contribution in [0.1, 0.15) is 13.3 Å². The average molecular weight is 445 g/mol. The van der Waals surface area contributed by atoms with Crippen LogP contribution < -0.4 is 14.5 Å². The van der Waals surface area contributed by atoms with Gasteiger partial charge in [0.1, 0.15) is 17.0 Å². The van der Waals surface area contributed by atoms with Gasteiger partial charge in [-0.15, -0.1) is 23.4 Å². The maximum atomic E-state index is 13.4. The van der Waals surface area contributed by atoms with Gasteiger partial charge in [0.2, 0.25) is 5.82 Å². The molecule has 1 N–H and O–H groups in total. The van der Waals surface area contributed by atoms with E-state index in [2.05, 4.69) is 30.3 Å². The maximum absolute atomic E-state index is 13.4. The van der Waals surface area contributed by atoms with E-state index < -0.39 is 29.6 Å². The second-order valence-corrected chi connectivity index (χ2v) is 7.46. The molecule has 1 saturated carbocycles. The summed E-state index contributed by atoms with van der Waals surface area (Å²) in [6.07, 6.45) is -2.93. The van der Waals surface area contributed by atoms with Crippen LogP contribution in [-0.4, -0.2) is 49.4 Å². The van der Waals surface area contributed by atoms with Gasteiger partial charge in [-0.05, 0) is 54.0 Å². The molecule has 2 atom stereocenters. The van der Waals surface area contributed by atoms with Crippen molar-refractivity contribution >= 4 is 23.3 Å². The van der Waals surface area contributed by atoms with E-state index in [0.717, 1.165) is 17.0 Å². The summed E-state index contributed by atoms with van der Waals surface area (Å²) in [5.74, 6) is -0.790. The van der Waals surface area contributed by atoms with Crippen molar-refractivity contribution in [2.45, 2.75) is 25.2 Å². The highest BCUT2D eigenvalue weighted by atomic mass is 19.4. The molecule has 2 aromatic heterocycles. The molecule has 164 valence electrons. The molecule has 1 aromatic carbocycles. The lowest BCUT2D eigenvalue weighted by Crippen LogP contribution is -2.39. The van der Waals surface area contributed by atoms with Crippen LogP contribution in [0.15, 0.2) is 42.6 Å². The van der Waals surface area contributed by atoms with Crippen LogP contribution in [0.4, 0.5) is 29.3 Å². The topological polar surface area (TPSA) is 117 Å². The Morgan fingerprint density at radius 1 is 1.16 bits per heavy atom. The van der Waals surface area contributed by atoms with E-state index in [1.165, 1.54) is 23.2 Å². The molecular formula is C19H14F3N7O3. The Morgan fingerprint density at radius 3 is 2.47 bits per heavy atom. The number of carbonyl (C=O) groups is 2. The summed E-state index contributed by atoms with van der Waals surface area (Å²) in [4.78, 5) is 33.2. The lowest BCUT2D eigenvalue weighted by molar-refractivity contribution is -0.274. The van der Waals surface area contributed by atoms with Gasteiger partial charge in [0.15, 0.2) is 0 Å². The average Bonchev–Trinajstić information content (AvgIpc) is 3.10. The van der Waals surface area contributed by atoms with E-state index in [1.807, 2.05) is 6.92 Å². The van der Waals surface area contributed by atoms with E-state index in [4.69, 9.17) is 0 Å². The molecule has 32 heavy (non-hydrogen) atoms. The number of hydrogen-bond donors (Lipinski definition) is 1. The zero-order valence-corrected chi connectivity index (χ0v) is 16.4. The number of nitrogens with zero attached hydrogens (tertiary/aromatic N) is 6. The second kappa shape index (κ2) is 6.73. The number of imide groups is 1. The minimum atomic E-state index is -4.84. The molecule has 5 rings (SSSR count). The van der Waals surface area contributed by atoms with Gasteiger partial charge < -0.3 is 4.74 Å². The predicted molar refractivity (Wildman–Crippen MR) is 102 cm³/mol. The molecule has 10 nitrogen and oxygen atoms in total. The van der Waals surface area contributed by atoms with Gasteiger partial charge in [0.25, 0.3) is 5.91 Å². The molecule has 3 aromatic rings. The Morgan fingerprint density at radius 2 is 1.88 bits per heavy atom. The molecular weight excluding hydrogens is 431 g/mol. The normalized spacial score (nSPS) is 22.7.